The molecule has 0 saturated heterocycles. The summed E-state index contributed by atoms with van der Waals surface area (Å²) < 4.78 is 6.54. The number of rotatable bonds is 5. The fraction of sp³-hybridized carbons (Fsp3) is 0.500. The molecular formula is C14H20INO2. The van der Waals surface area contributed by atoms with Crippen molar-refractivity contribution in [3.8, 4) is 5.75 Å². The van der Waals surface area contributed by atoms with Crippen LogP contribution in [0, 0.1) is 8.99 Å². The van der Waals surface area contributed by atoms with Crippen LogP contribution in [0.1, 0.15) is 27.2 Å². The van der Waals surface area contributed by atoms with E-state index < -0.39 is 0 Å². The number of amides is 1. The molecule has 1 aromatic rings. The van der Waals surface area contributed by atoms with Crippen LogP contribution in [0.4, 0.5) is 0 Å². The summed E-state index contributed by atoms with van der Waals surface area (Å²) in [6.45, 7) is 7.23. The first-order valence-electron chi connectivity index (χ1n) is 6.02. The number of nitrogens with one attached hydrogen (secondary N) is 1. The van der Waals surface area contributed by atoms with Gasteiger partial charge in [0.2, 0.25) is 0 Å². The maximum absolute atomic E-state index is 11.5. The predicted octanol–water partition coefficient (Wildman–Crippen LogP) is 3.22. The molecule has 3 nitrogen and oxygen atoms in total. The lowest BCUT2D eigenvalue weighted by atomic mass is 9.92. The molecule has 1 N–H and O–H groups in total. The van der Waals surface area contributed by atoms with Gasteiger partial charge in [-0.05, 0) is 58.7 Å². The second-order valence-corrected chi connectivity index (χ2v) is 6.65. The van der Waals surface area contributed by atoms with Crippen molar-refractivity contribution in [2.75, 3.05) is 13.2 Å². The Kier molecular flexibility index (Phi) is 5.91. The van der Waals surface area contributed by atoms with E-state index in [0.29, 0.717) is 6.54 Å². The quantitative estimate of drug-likeness (QED) is 0.818. The molecular weight excluding hydrogens is 341 g/mol. The molecule has 0 aliphatic rings. The molecule has 0 bridgehead atoms. The molecule has 100 valence electrons. The first kappa shape index (κ1) is 15.3. The van der Waals surface area contributed by atoms with Gasteiger partial charge in [-0.3, -0.25) is 4.79 Å². The molecule has 0 aliphatic carbocycles. The molecule has 18 heavy (non-hydrogen) atoms. The average Bonchev–Trinajstić information content (AvgIpc) is 2.26. The van der Waals surface area contributed by atoms with E-state index in [1.54, 1.807) is 0 Å². The molecule has 0 radical (unpaired) electrons. The Morgan fingerprint density at radius 3 is 2.44 bits per heavy atom. The molecule has 4 heteroatoms. The minimum atomic E-state index is -0.0715. The maximum atomic E-state index is 11.5. The van der Waals surface area contributed by atoms with Gasteiger partial charge < -0.3 is 10.1 Å². The van der Waals surface area contributed by atoms with E-state index in [-0.39, 0.29) is 17.9 Å². The number of carbonyl (C=O) groups is 1. The zero-order chi connectivity index (χ0) is 13.6. The molecule has 0 unspecified atom stereocenters. The summed E-state index contributed by atoms with van der Waals surface area (Å²) in [5.41, 5.74) is 0.240. The van der Waals surface area contributed by atoms with Crippen LogP contribution >= 0.6 is 22.6 Å². The average molecular weight is 361 g/mol. The number of benzene rings is 1. The SMILES string of the molecule is CC(C)(C)CCNC(=O)COc1ccc(I)cc1. The van der Waals surface area contributed by atoms with Crippen molar-refractivity contribution in [2.24, 2.45) is 5.41 Å². The summed E-state index contributed by atoms with van der Waals surface area (Å²) in [4.78, 5) is 11.5. The van der Waals surface area contributed by atoms with Crippen molar-refractivity contribution in [3.63, 3.8) is 0 Å². The summed E-state index contributed by atoms with van der Waals surface area (Å²) in [6.07, 6.45) is 0.961. The minimum Gasteiger partial charge on any atom is -0.484 e. The largest absolute Gasteiger partial charge is 0.484 e. The fourth-order valence-corrected chi connectivity index (χ4v) is 1.67. The van der Waals surface area contributed by atoms with E-state index in [4.69, 9.17) is 4.74 Å². The molecule has 1 aromatic carbocycles. The highest BCUT2D eigenvalue weighted by molar-refractivity contribution is 14.1. The van der Waals surface area contributed by atoms with E-state index in [1.807, 2.05) is 24.3 Å². The lowest BCUT2D eigenvalue weighted by Gasteiger charge is -2.18. The third-order valence-electron chi connectivity index (χ3n) is 2.38. The lowest BCUT2D eigenvalue weighted by Crippen LogP contribution is -2.31. The maximum Gasteiger partial charge on any atom is 0.257 e. The molecule has 0 saturated carbocycles. The monoisotopic (exact) mass is 361 g/mol. The van der Waals surface area contributed by atoms with Crippen LogP contribution in [-0.2, 0) is 4.79 Å². The zero-order valence-electron chi connectivity index (χ0n) is 11.1. The van der Waals surface area contributed by atoms with Crippen molar-refractivity contribution < 1.29 is 9.53 Å². The van der Waals surface area contributed by atoms with E-state index in [9.17, 15) is 4.79 Å². The summed E-state index contributed by atoms with van der Waals surface area (Å²) >= 11 is 2.23. The second-order valence-electron chi connectivity index (χ2n) is 5.40. The summed E-state index contributed by atoms with van der Waals surface area (Å²) in [7, 11) is 0. The van der Waals surface area contributed by atoms with Crippen LogP contribution in [0.15, 0.2) is 24.3 Å². The van der Waals surface area contributed by atoms with Gasteiger partial charge in [-0.2, -0.15) is 0 Å². The highest BCUT2D eigenvalue weighted by Gasteiger charge is 2.10. The Labute approximate surface area is 122 Å². The molecule has 0 atom stereocenters. The number of carbonyl (C=O) groups excluding carboxylic acids is 1. The van der Waals surface area contributed by atoms with E-state index in [2.05, 4.69) is 48.7 Å². The van der Waals surface area contributed by atoms with Crippen LogP contribution < -0.4 is 10.1 Å². The Balaban J connectivity index is 2.23. The van der Waals surface area contributed by atoms with Gasteiger partial charge in [-0.15, -0.1) is 0 Å². The van der Waals surface area contributed by atoms with Crippen LogP contribution in [0.3, 0.4) is 0 Å². The minimum absolute atomic E-state index is 0.0715. The van der Waals surface area contributed by atoms with Gasteiger partial charge in [0.1, 0.15) is 5.75 Å². The van der Waals surface area contributed by atoms with Gasteiger partial charge in [0.25, 0.3) is 5.91 Å². The molecule has 1 amide bonds. The smallest absolute Gasteiger partial charge is 0.257 e. The first-order valence-corrected chi connectivity index (χ1v) is 7.10. The molecule has 0 fully saturated rings. The second kappa shape index (κ2) is 6.97. The van der Waals surface area contributed by atoms with Gasteiger partial charge in [0.05, 0.1) is 0 Å². The lowest BCUT2D eigenvalue weighted by molar-refractivity contribution is -0.123. The van der Waals surface area contributed by atoms with E-state index in [1.165, 1.54) is 0 Å². The van der Waals surface area contributed by atoms with Gasteiger partial charge in [-0.1, -0.05) is 20.8 Å². The van der Waals surface area contributed by atoms with Crippen molar-refractivity contribution in [1.82, 2.24) is 5.32 Å². The number of halogens is 1. The number of hydrogen-bond acceptors (Lipinski definition) is 2. The van der Waals surface area contributed by atoms with Gasteiger partial charge in [0.15, 0.2) is 6.61 Å². The highest BCUT2D eigenvalue weighted by atomic mass is 127. The van der Waals surface area contributed by atoms with Gasteiger partial charge in [0, 0.05) is 10.1 Å². The third kappa shape index (κ3) is 6.83. The summed E-state index contributed by atoms with van der Waals surface area (Å²) in [5, 5.41) is 2.86. The highest BCUT2D eigenvalue weighted by Crippen LogP contribution is 2.17. The number of hydrogen-bond donors (Lipinski definition) is 1. The van der Waals surface area contributed by atoms with Crippen molar-refractivity contribution in [2.45, 2.75) is 27.2 Å². The zero-order valence-corrected chi connectivity index (χ0v) is 13.3. The van der Waals surface area contributed by atoms with Crippen LogP contribution in [0.5, 0.6) is 5.75 Å². The van der Waals surface area contributed by atoms with Crippen molar-refractivity contribution >= 4 is 28.5 Å². The predicted molar refractivity (Wildman–Crippen MR) is 81.7 cm³/mol. The van der Waals surface area contributed by atoms with Crippen molar-refractivity contribution in [1.29, 1.82) is 0 Å². The molecule has 1 rings (SSSR count). The van der Waals surface area contributed by atoms with E-state index >= 15 is 0 Å². The Morgan fingerprint density at radius 1 is 1.28 bits per heavy atom. The Bertz CT molecular complexity index is 382. The first-order chi connectivity index (χ1) is 8.37. The number of ether oxygens (including phenoxy) is 1. The third-order valence-corrected chi connectivity index (χ3v) is 3.10. The normalized spacial score (nSPS) is 11.1. The topological polar surface area (TPSA) is 38.3 Å². The van der Waals surface area contributed by atoms with Crippen molar-refractivity contribution in [3.05, 3.63) is 27.8 Å². The Hall–Kier alpha value is -0.780. The van der Waals surface area contributed by atoms with Crippen LogP contribution in [0.2, 0.25) is 0 Å². The van der Waals surface area contributed by atoms with Crippen LogP contribution in [0.25, 0.3) is 0 Å². The molecule has 0 aliphatic heterocycles. The Morgan fingerprint density at radius 2 is 1.89 bits per heavy atom. The fourth-order valence-electron chi connectivity index (χ4n) is 1.31. The molecule has 0 heterocycles. The standard InChI is InChI=1S/C14H20INO2/c1-14(2,3)8-9-16-13(17)10-18-12-6-4-11(15)5-7-12/h4-7H,8-10H2,1-3H3,(H,16,17). The summed E-state index contributed by atoms with van der Waals surface area (Å²) in [6, 6.07) is 7.63. The molecule has 0 aromatic heterocycles. The van der Waals surface area contributed by atoms with Gasteiger partial charge in [-0.25, -0.2) is 0 Å². The van der Waals surface area contributed by atoms with E-state index in [0.717, 1.165) is 15.7 Å². The molecule has 0 spiro atoms. The summed E-state index contributed by atoms with van der Waals surface area (Å²) in [5.74, 6) is 0.652. The van der Waals surface area contributed by atoms with Gasteiger partial charge >= 0.3 is 0 Å². The van der Waals surface area contributed by atoms with Crippen LogP contribution in [-0.4, -0.2) is 19.1 Å².